The summed E-state index contributed by atoms with van der Waals surface area (Å²) in [5.41, 5.74) is 0. The summed E-state index contributed by atoms with van der Waals surface area (Å²) in [4.78, 5) is 0. The zero-order chi connectivity index (χ0) is 2.00. The first-order chi connectivity index (χ1) is 1.00. The first-order valence-electron chi connectivity index (χ1n) is 1.00. The Labute approximate surface area is 73.4 Å². The summed E-state index contributed by atoms with van der Waals surface area (Å²) in [6.45, 7) is 2.00. The molecular weight excluding hydrogens is 192 g/mol. The second-order valence-corrected chi connectivity index (χ2v) is 0. The van der Waals surface area contributed by atoms with Crippen LogP contribution in [0.25, 0.3) is 0 Å². The van der Waals surface area contributed by atoms with Crippen molar-refractivity contribution in [1.82, 2.24) is 0 Å². The molecule has 32 valence electrons. The monoisotopic (exact) mass is 204 g/mol. The SMILES string of the molecule is BC.O.O.[BaH2]. The van der Waals surface area contributed by atoms with E-state index in [0.717, 1.165) is 0 Å². The fraction of sp³-hybridized carbons (Fsp3) is 1.00. The molecule has 0 aliphatic heterocycles. The molecule has 0 heterocycles. The van der Waals surface area contributed by atoms with Gasteiger partial charge in [-0.25, -0.2) is 0 Å². The minimum absolute atomic E-state index is 0. The van der Waals surface area contributed by atoms with Gasteiger partial charge in [-0.3, -0.25) is 0 Å². The first kappa shape index (κ1) is 31.0. The molecule has 0 saturated carbocycles. The van der Waals surface area contributed by atoms with Gasteiger partial charge >= 0.3 is 48.9 Å². The van der Waals surface area contributed by atoms with Gasteiger partial charge in [-0.05, 0) is 0 Å². The number of hydrogen-bond acceptors (Lipinski definition) is 0. The Morgan fingerprint density at radius 1 is 1.00 bits per heavy atom. The summed E-state index contributed by atoms with van der Waals surface area (Å²) in [7, 11) is 2.00. The molecular formula is CH11BBaO2. The van der Waals surface area contributed by atoms with E-state index in [1.165, 1.54) is 0 Å². The van der Waals surface area contributed by atoms with E-state index in [1.54, 1.807) is 0 Å². The third kappa shape index (κ3) is 29.0. The molecule has 0 aromatic rings. The standard InChI is InChI=1S/CH5B.Ba.2H2O.2H/c1-2;;;;;/h2H2,1H3;;2*1H2;;. The molecule has 0 fully saturated rings. The van der Waals surface area contributed by atoms with Gasteiger partial charge in [0.05, 0.1) is 7.85 Å². The van der Waals surface area contributed by atoms with E-state index in [1.807, 2.05) is 14.7 Å². The van der Waals surface area contributed by atoms with Crippen LogP contribution in [0.1, 0.15) is 0 Å². The Balaban J connectivity index is -0.00000000167. The molecule has 0 aromatic carbocycles. The van der Waals surface area contributed by atoms with E-state index in [9.17, 15) is 0 Å². The van der Waals surface area contributed by atoms with Gasteiger partial charge in [-0.15, -0.1) is 0 Å². The summed E-state index contributed by atoms with van der Waals surface area (Å²) in [6, 6.07) is 0. The maximum absolute atomic E-state index is 2.00. The molecule has 5 heavy (non-hydrogen) atoms. The van der Waals surface area contributed by atoms with Crippen LogP contribution in [0.5, 0.6) is 0 Å². The van der Waals surface area contributed by atoms with Gasteiger partial charge in [0.1, 0.15) is 0 Å². The van der Waals surface area contributed by atoms with E-state index in [2.05, 4.69) is 0 Å². The predicted molar refractivity (Wildman–Crippen MR) is 30.2 cm³/mol. The summed E-state index contributed by atoms with van der Waals surface area (Å²) < 4.78 is 0. The predicted octanol–water partition coefficient (Wildman–Crippen LogP) is -2.90. The van der Waals surface area contributed by atoms with Gasteiger partial charge in [0, 0.05) is 0 Å². The summed E-state index contributed by atoms with van der Waals surface area (Å²) >= 11 is 0. The Bertz CT molecular complexity index is 9.61. The van der Waals surface area contributed by atoms with Crippen LogP contribution in [0.3, 0.4) is 0 Å². The molecule has 0 unspecified atom stereocenters. The minimum atomic E-state index is 0. The summed E-state index contributed by atoms with van der Waals surface area (Å²) in [6.07, 6.45) is 0. The van der Waals surface area contributed by atoms with Gasteiger partial charge < -0.3 is 11.0 Å². The summed E-state index contributed by atoms with van der Waals surface area (Å²) in [5, 5.41) is 0. The fourth-order valence-corrected chi connectivity index (χ4v) is 0. The third-order valence-electron chi connectivity index (χ3n) is 0. The quantitative estimate of drug-likeness (QED) is 0.379. The van der Waals surface area contributed by atoms with Gasteiger partial charge in [-0.2, -0.15) is 0 Å². The van der Waals surface area contributed by atoms with Crippen LogP contribution in [-0.4, -0.2) is 67.7 Å². The van der Waals surface area contributed by atoms with Gasteiger partial charge in [0.15, 0.2) is 0 Å². The first-order valence-corrected chi connectivity index (χ1v) is 1.00. The molecule has 4 heteroatoms. The van der Waals surface area contributed by atoms with Crippen LogP contribution in [-0.2, 0) is 0 Å². The number of hydrogen-bond donors (Lipinski definition) is 0. The van der Waals surface area contributed by atoms with Crippen LogP contribution >= 0.6 is 0 Å². The van der Waals surface area contributed by atoms with E-state index in [0.29, 0.717) is 0 Å². The molecule has 0 bridgehead atoms. The molecule has 0 aliphatic carbocycles. The third-order valence-corrected chi connectivity index (χ3v) is 0. The maximum atomic E-state index is 2.00. The molecule has 0 aliphatic rings. The zero-order valence-corrected chi connectivity index (χ0v) is 3.00. The Kier molecular flexibility index (Phi) is 295. The molecule has 4 N–H and O–H groups in total. The van der Waals surface area contributed by atoms with Gasteiger partial charge in [0.25, 0.3) is 0 Å². The fourth-order valence-electron chi connectivity index (χ4n) is 0. The summed E-state index contributed by atoms with van der Waals surface area (Å²) in [5.74, 6) is 0. The van der Waals surface area contributed by atoms with Crippen molar-refractivity contribution in [2.45, 2.75) is 6.82 Å². The molecule has 0 spiro atoms. The van der Waals surface area contributed by atoms with Crippen molar-refractivity contribution in [3.8, 4) is 0 Å². The molecule has 0 amide bonds. The number of rotatable bonds is 0. The van der Waals surface area contributed by atoms with Crippen LogP contribution in [0.15, 0.2) is 0 Å². The molecule has 0 rings (SSSR count). The van der Waals surface area contributed by atoms with Crippen molar-refractivity contribution in [3.05, 3.63) is 0 Å². The molecule has 0 aromatic heterocycles. The van der Waals surface area contributed by atoms with E-state index in [4.69, 9.17) is 0 Å². The van der Waals surface area contributed by atoms with Gasteiger partial charge in [0.2, 0.25) is 0 Å². The van der Waals surface area contributed by atoms with E-state index < -0.39 is 0 Å². The Hall–Kier alpha value is 1.56. The van der Waals surface area contributed by atoms with Crippen molar-refractivity contribution in [2.24, 2.45) is 0 Å². The average Bonchev–Trinajstić information content (AvgIpc) is 1.00. The molecule has 0 saturated heterocycles. The van der Waals surface area contributed by atoms with Crippen LogP contribution < -0.4 is 0 Å². The van der Waals surface area contributed by atoms with Crippen molar-refractivity contribution in [3.63, 3.8) is 0 Å². The second kappa shape index (κ2) is 47.6. The molecule has 0 radical (unpaired) electrons. The molecule has 2 nitrogen and oxygen atoms in total. The van der Waals surface area contributed by atoms with Crippen LogP contribution in [0.2, 0.25) is 6.82 Å². The average molecular weight is 203 g/mol. The normalized spacial score (nSPS) is 1.00. The van der Waals surface area contributed by atoms with E-state index >= 15 is 0 Å². The van der Waals surface area contributed by atoms with Crippen molar-refractivity contribution in [2.75, 3.05) is 0 Å². The van der Waals surface area contributed by atoms with Gasteiger partial charge in [-0.1, -0.05) is 6.82 Å². The van der Waals surface area contributed by atoms with E-state index in [-0.39, 0.29) is 59.8 Å². The molecule has 0 atom stereocenters. The second-order valence-electron chi connectivity index (χ2n) is 0. The Morgan fingerprint density at radius 3 is 1.00 bits per heavy atom. The topological polar surface area (TPSA) is 63.0 Å². The van der Waals surface area contributed by atoms with Crippen molar-refractivity contribution >= 4 is 56.7 Å². The van der Waals surface area contributed by atoms with Crippen molar-refractivity contribution in [1.29, 1.82) is 0 Å². The van der Waals surface area contributed by atoms with Crippen LogP contribution in [0.4, 0.5) is 0 Å². The van der Waals surface area contributed by atoms with Crippen LogP contribution in [0, 0.1) is 0 Å². The zero-order valence-electron chi connectivity index (χ0n) is 3.00. The van der Waals surface area contributed by atoms with Crippen molar-refractivity contribution < 1.29 is 11.0 Å². The Morgan fingerprint density at radius 2 is 1.00 bits per heavy atom.